The van der Waals surface area contributed by atoms with Crippen LogP contribution in [0.4, 0.5) is 0 Å². The van der Waals surface area contributed by atoms with Crippen LogP contribution in [0.5, 0.6) is 5.75 Å². The van der Waals surface area contributed by atoms with Gasteiger partial charge in [0.15, 0.2) is 0 Å². The molecule has 1 aliphatic heterocycles. The fraction of sp³-hybridized carbons (Fsp3) is 0.400. The van der Waals surface area contributed by atoms with Crippen molar-refractivity contribution in [1.82, 2.24) is 4.90 Å². The summed E-state index contributed by atoms with van der Waals surface area (Å²) in [6.45, 7) is 5.01. The first-order chi connectivity index (χ1) is 11.2. The molecule has 3 heteroatoms. The predicted molar refractivity (Wildman–Crippen MR) is 92.7 cm³/mol. The fourth-order valence-corrected chi connectivity index (χ4v) is 3.35. The van der Waals surface area contributed by atoms with Crippen molar-refractivity contribution in [2.45, 2.75) is 32.4 Å². The Morgan fingerprint density at radius 3 is 2.70 bits per heavy atom. The second kappa shape index (κ2) is 7.16. The SMILES string of the molecule is COc1ccc(C(O)CCN2CCc3ccccc3C2)c(C)c1. The quantitative estimate of drug-likeness (QED) is 0.917. The van der Waals surface area contributed by atoms with Crippen molar-refractivity contribution in [2.75, 3.05) is 20.2 Å². The van der Waals surface area contributed by atoms with Gasteiger partial charge in [-0.15, -0.1) is 0 Å². The van der Waals surface area contributed by atoms with Crippen molar-refractivity contribution in [3.8, 4) is 5.75 Å². The van der Waals surface area contributed by atoms with Crippen LogP contribution in [0.25, 0.3) is 0 Å². The van der Waals surface area contributed by atoms with E-state index in [0.29, 0.717) is 0 Å². The van der Waals surface area contributed by atoms with Crippen molar-refractivity contribution >= 4 is 0 Å². The van der Waals surface area contributed by atoms with Crippen molar-refractivity contribution in [1.29, 1.82) is 0 Å². The summed E-state index contributed by atoms with van der Waals surface area (Å²) in [5, 5.41) is 10.5. The number of aliphatic hydroxyl groups is 1. The fourth-order valence-electron chi connectivity index (χ4n) is 3.35. The average Bonchev–Trinajstić information content (AvgIpc) is 2.59. The van der Waals surface area contributed by atoms with Crippen LogP contribution in [0.15, 0.2) is 42.5 Å². The highest BCUT2D eigenvalue weighted by Crippen LogP contribution is 2.26. The Morgan fingerprint density at radius 2 is 1.96 bits per heavy atom. The van der Waals surface area contributed by atoms with Crippen LogP contribution in [-0.2, 0) is 13.0 Å². The van der Waals surface area contributed by atoms with E-state index in [2.05, 4.69) is 29.2 Å². The second-order valence-corrected chi connectivity index (χ2v) is 6.32. The Hall–Kier alpha value is -1.84. The lowest BCUT2D eigenvalue weighted by Crippen LogP contribution is -2.32. The average molecular weight is 311 g/mol. The van der Waals surface area contributed by atoms with E-state index in [0.717, 1.165) is 49.4 Å². The van der Waals surface area contributed by atoms with Crippen molar-refractivity contribution in [3.05, 3.63) is 64.7 Å². The maximum Gasteiger partial charge on any atom is 0.119 e. The van der Waals surface area contributed by atoms with Crippen molar-refractivity contribution in [3.63, 3.8) is 0 Å². The molecule has 0 fully saturated rings. The Balaban J connectivity index is 1.58. The molecule has 1 aliphatic rings. The zero-order valence-corrected chi connectivity index (χ0v) is 14.0. The highest BCUT2D eigenvalue weighted by atomic mass is 16.5. The van der Waals surface area contributed by atoms with E-state index in [1.54, 1.807) is 7.11 Å². The molecule has 2 aromatic carbocycles. The van der Waals surface area contributed by atoms with E-state index in [1.807, 2.05) is 25.1 Å². The molecule has 0 aliphatic carbocycles. The van der Waals surface area contributed by atoms with E-state index in [1.165, 1.54) is 11.1 Å². The number of ether oxygens (including phenoxy) is 1. The lowest BCUT2D eigenvalue weighted by molar-refractivity contribution is 0.137. The summed E-state index contributed by atoms with van der Waals surface area (Å²) in [4.78, 5) is 2.43. The first-order valence-electron chi connectivity index (χ1n) is 8.29. The van der Waals surface area contributed by atoms with Crippen molar-refractivity contribution < 1.29 is 9.84 Å². The van der Waals surface area contributed by atoms with Crippen LogP contribution in [0.3, 0.4) is 0 Å². The van der Waals surface area contributed by atoms with Gasteiger partial charge in [-0.2, -0.15) is 0 Å². The van der Waals surface area contributed by atoms with E-state index in [4.69, 9.17) is 4.74 Å². The van der Waals surface area contributed by atoms with Crippen LogP contribution < -0.4 is 4.74 Å². The molecule has 3 rings (SSSR count). The van der Waals surface area contributed by atoms with Crippen LogP contribution in [0.2, 0.25) is 0 Å². The van der Waals surface area contributed by atoms with Crippen LogP contribution >= 0.6 is 0 Å². The molecule has 1 N–H and O–H groups in total. The number of benzene rings is 2. The molecule has 122 valence electrons. The number of nitrogens with zero attached hydrogens (tertiary/aromatic N) is 1. The number of aliphatic hydroxyl groups excluding tert-OH is 1. The van der Waals surface area contributed by atoms with Gasteiger partial charge in [-0.1, -0.05) is 30.3 Å². The monoisotopic (exact) mass is 311 g/mol. The molecule has 0 radical (unpaired) electrons. The number of methoxy groups -OCH3 is 1. The molecular formula is C20H25NO2. The topological polar surface area (TPSA) is 32.7 Å². The number of hydrogen-bond acceptors (Lipinski definition) is 3. The minimum absolute atomic E-state index is 0.418. The third-order valence-electron chi connectivity index (χ3n) is 4.76. The maximum atomic E-state index is 10.5. The summed E-state index contributed by atoms with van der Waals surface area (Å²) in [6.07, 6.45) is 1.45. The molecular weight excluding hydrogens is 286 g/mol. The Bertz CT molecular complexity index is 668. The second-order valence-electron chi connectivity index (χ2n) is 6.32. The van der Waals surface area contributed by atoms with Gasteiger partial charge in [0.05, 0.1) is 13.2 Å². The molecule has 0 spiro atoms. The summed E-state index contributed by atoms with van der Waals surface area (Å²) in [5.74, 6) is 0.839. The standard InChI is InChI=1S/C20H25NO2/c1-15-13-18(23-2)7-8-19(15)20(22)10-12-21-11-9-16-5-3-4-6-17(16)14-21/h3-8,13,20,22H,9-12,14H2,1-2H3. The molecule has 23 heavy (non-hydrogen) atoms. The minimum atomic E-state index is -0.418. The van der Waals surface area contributed by atoms with Gasteiger partial charge in [-0.05, 0) is 54.2 Å². The molecule has 3 nitrogen and oxygen atoms in total. The molecule has 1 atom stereocenters. The summed E-state index contributed by atoms with van der Waals surface area (Å²) in [7, 11) is 1.67. The van der Waals surface area contributed by atoms with Crippen LogP contribution in [0, 0.1) is 6.92 Å². The largest absolute Gasteiger partial charge is 0.497 e. The van der Waals surface area contributed by atoms with E-state index in [9.17, 15) is 5.11 Å². The summed E-state index contributed by atoms with van der Waals surface area (Å²) < 4.78 is 5.23. The first kappa shape index (κ1) is 16.0. The highest BCUT2D eigenvalue weighted by Gasteiger charge is 2.18. The van der Waals surface area contributed by atoms with E-state index >= 15 is 0 Å². The Kier molecular flexibility index (Phi) is 4.99. The summed E-state index contributed by atoms with van der Waals surface area (Å²) in [5.41, 5.74) is 4.98. The zero-order chi connectivity index (χ0) is 16.2. The van der Waals surface area contributed by atoms with Gasteiger partial charge in [0.1, 0.15) is 5.75 Å². The Labute approximate surface area is 138 Å². The van der Waals surface area contributed by atoms with Gasteiger partial charge in [-0.3, -0.25) is 4.90 Å². The molecule has 0 saturated heterocycles. The number of fused-ring (bicyclic) bond motifs is 1. The van der Waals surface area contributed by atoms with Gasteiger partial charge in [-0.25, -0.2) is 0 Å². The lowest BCUT2D eigenvalue weighted by Gasteiger charge is -2.29. The normalized spacial score (nSPS) is 16.0. The van der Waals surface area contributed by atoms with Gasteiger partial charge < -0.3 is 9.84 Å². The third kappa shape index (κ3) is 3.74. The van der Waals surface area contributed by atoms with E-state index in [-0.39, 0.29) is 0 Å². The lowest BCUT2D eigenvalue weighted by atomic mass is 9.98. The van der Waals surface area contributed by atoms with Crippen LogP contribution in [-0.4, -0.2) is 30.2 Å². The van der Waals surface area contributed by atoms with Gasteiger partial charge >= 0.3 is 0 Å². The summed E-state index contributed by atoms with van der Waals surface area (Å²) >= 11 is 0. The van der Waals surface area contributed by atoms with Gasteiger partial charge in [0, 0.05) is 19.6 Å². The molecule has 2 aromatic rings. The smallest absolute Gasteiger partial charge is 0.119 e. The van der Waals surface area contributed by atoms with Gasteiger partial charge in [0.2, 0.25) is 0 Å². The Morgan fingerprint density at radius 1 is 1.17 bits per heavy atom. The van der Waals surface area contributed by atoms with Crippen molar-refractivity contribution in [2.24, 2.45) is 0 Å². The molecule has 1 heterocycles. The number of aryl methyl sites for hydroxylation is 1. The molecule has 0 bridgehead atoms. The highest BCUT2D eigenvalue weighted by molar-refractivity contribution is 5.36. The first-order valence-corrected chi connectivity index (χ1v) is 8.29. The predicted octanol–water partition coefficient (Wildman–Crippen LogP) is 3.49. The number of hydrogen-bond donors (Lipinski definition) is 1. The van der Waals surface area contributed by atoms with Gasteiger partial charge in [0.25, 0.3) is 0 Å². The minimum Gasteiger partial charge on any atom is -0.497 e. The zero-order valence-electron chi connectivity index (χ0n) is 14.0. The molecule has 0 amide bonds. The molecule has 0 saturated carbocycles. The van der Waals surface area contributed by atoms with E-state index < -0.39 is 6.10 Å². The maximum absolute atomic E-state index is 10.5. The third-order valence-corrected chi connectivity index (χ3v) is 4.76. The molecule has 1 unspecified atom stereocenters. The molecule has 0 aromatic heterocycles. The van der Waals surface area contributed by atoms with Crippen LogP contribution in [0.1, 0.15) is 34.8 Å². The summed E-state index contributed by atoms with van der Waals surface area (Å²) in [6, 6.07) is 14.5. The number of rotatable bonds is 5.